The first-order valence-electron chi connectivity index (χ1n) is 16.4. The Morgan fingerprint density at radius 3 is 1.69 bits per heavy atom. The summed E-state index contributed by atoms with van der Waals surface area (Å²) in [5.74, 6) is 1.88. The van der Waals surface area contributed by atoms with Crippen molar-refractivity contribution in [1.82, 2.24) is 4.57 Å². The molecule has 0 saturated carbocycles. The Kier molecular flexibility index (Phi) is 8.04. The fourth-order valence-corrected chi connectivity index (χ4v) is 6.64. The Balaban J connectivity index is 1.75. The van der Waals surface area contributed by atoms with Crippen molar-refractivity contribution in [2.75, 3.05) is 0 Å². The van der Waals surface area contributed by atoms with E-state index in [1.165, 1.54) is 72.6 Å². The monoisotopic (exact) mass is 591 g/mol. The molecule has 5 aromatic carbocycles. The molecule has 0 aliphatic carbocycles. The van der Waals surface area contributed by atoms with Crippen LogP contribution in [0, 0.1) is 6.92 Å². The van der Waals surface area contributed by atoms with Crippen LogP contribution in [0.3, 0.4) is 0 Å². The summed E-state index contributed by atoms with van der Waals surface area (Å²) in [5, 5.41) is 0. The van der Waals surface area contributed by atoms with Crippen molar-refractivity contribution in [3.05, 3.63) is 131 Å². The Hall–Kier alpha value is -4.43. The van der Waals surface area contributed by atoms with Crippen molar-refractivity contribution in [2.45, 2.75) is 72.6 Å². The van der Waals surface area contributed by atoms with E-state index < -0.39 is 0 Å². The molecule has 0 spiro atoms. The minimum atomic E-state index is 0.0517. The second-order valence-electron chi connectivity index (χ2n) is 14.2. The average Bonchev–Trinajstić information content (AvgIpc) is 3.31. The molecule has 0 bridgehead atoms. The first-order chi connectivity index (χ1) is 21.5. The zero-order valence-electron chi connectivity index (χ0n) is 28.4. The van der Waals surface area contributed by atoms with Gasteiger partial charge in [-0.15, -0.1) is 0 Å². The highest BCUT2D eigenvalue weighted by Crippen LogP contribution is 2.41. The molecular weight excluding hydrogens is 544 g/mol. The van der Waals surface area contributed by atoms with Crippen LogP contribution in [-0.2, 0) is 12.5 Å². The van der Waals surface area contributed by atoms with Gasteiger partial charge in [-0.1, -0.05) is 127 Å². The zero-order chi connectivity index (χ0) is 32.0. The van der Waals surface area contributed by atoms with Crippen LogP contribution in [0.15, 0.2) is 109 Å². The van der Waals surface area contributed by atoms with Crippen molar-refractivity contribution >= 4 is 11.0 Å². The van der Waals surface area contributed by atoms with Gasteiger partial charge in [0.2, 0.25) is 0 Å². The van der Waals surface area contributed by atoms with Crippen LogP contribution >= 0.6 is 0 Å². The summed E-state index contributed by atoms with van der Waals surface area (Å²) >= 11 is 0. The van der Waals surface area contributed by atoms with Crippen LogP contribution in [-0.4, -0.2) is 4.57 Å². The van der Waals surface area contributed by atoms with Gasteiger partial charge in [-0.25, -0.2) is 4.57 Å². The lowest BCUT2D eigenvalue weighted by atomic mass is 9.86. The van der Waals surface area contributed by atoms with Crippen LogP contribution in [0.25, 0.3) is 50.4 Å². The fourth-order valence-electron chi connectivity index (χ4n) is 6.64. The molecule has 0 saturated heterocycles. The molecule has 0 aliphatic rings. The normalized spacial score (nSPS) is 12.1. The van der Waals surface area contributed by atoms with E-state index in [9.17, 15) is 0 Å². The lowest BCUT2D eigenvalue weighted by molar-refractivity contribution is -0.633. The third kappa shape index (κ3) is 5.63. The molecule has 2 heteroatoms. The Morgan fingerprint density at radius 2 is 1.16 bits per heavy atom. The van der Waals surface area contributed by atoms with Gasteiger partial charge in [-0.05, 0) is 87.9 Å². The third-order valence-electron chi connectivity index (χ3n) is 9.30. The molecule has 1 heterocycles. The smallest absolute Gasteiger partial charge is 0.225 e. The van der Waals surface area contributed by atoms with Gasteiger partial charge >= 0.3 is 0 Å². The number of benzene rings is 5. The summed E-state index contributed by atoms with van der Waals surface area (Å²) < 4.78 is 5.01. The second-order valence-corrected chi connectivity index (χ2v) is 14.2. The maximum Gasteiger partial charge on any atom is 0.295 e. The highest BCUT2D eigenvalue weighted by Gasteiger charge is 2.33. The van der Waals surface area contributed by atoms with Crippen LogP contribution in [0.2, 0.25) is 0 Å². The SMILES string of the molecule is Cc1ccc(-c2ccccc2)cc1-c1n(-c2c(C(C)C)cc(-c3ccccc3)cc2C(C)C)c2ccc(C(C)(C)C)cc2[n+]1C. The molecule has 6 rings (SSSR count). The molecule has 228 valence electrons. The van der Waals surface area contributed by atoms with Crippen molar-refractivity contribution < 1.29 is 4.57 Å². The van der Waals surface area contributed by atoms with E-state index in [0.717, 1.165) is 0 Å². The average molecular weight is 592 g/mol. The van der Waals surface area contributed by atoms with Crippen LogP contribution < -0.4 is 4.57 Å². The van der Waals surface area contributed by atoms with E-state index in [-0.39, 0.29) is 5.41 Å². The van der Waals surface area contributed by atoms with E-state index in [2.05, 4.69) is 181 Å². The molecule has 0 N–H and O–H groups in total. The highest BCUT2D eigenvalue weighted by molar-refractivity contribution is 5.84. The maximum absolute atomic E-state index is 2.58. The summed E-state index contributed by atoms with van der Waals surface area (Å²) in [6, 6.07) is 40.5. The molecule has 1 aromatic heterocycles. The van der Waals surface area contributed by atoms with E-state index >= 15 is 0 Å². The number of hydrogen-bond acceptors (Lipinski definition) is 0. The Morgan fingerprint density at radius 1 is 0.600 bits per heavy atom. The van der Waals surface area contributed by atoms with Crippen molar-refractivity contribution in [2.24, 2.45) is 7.05 Å². The third-order valence-corrected chi connectivity index (χ3v) is 9.30. The zero-order valence-corrected chi connectivity index (χ0v) is 28.4. The van der Waals surface area contributed by atoms with Crippen LogP contribution in [0.4, 0.5) is 0 Å². The van der Waals surface area contributed by atoms with Gasteiger partial charge in [0.05, 0.1) is 12.6 Å². The second kappa shape index (κ2) is 11.8. The van der Waals surface area contributed by atoms with E-state index in [1.54, 1.807) is 0 Å². The van der Waals surface area contributed by atoms with E-state index in [0.29, 0.717) is 11.8 Å². The van der Waals surface area contributed by atoms with Gasteiger partial charge in [-0.3, -0.25) is 0 Å². The Labute approximate surface area is 270 Å². The maximum atomic E-state index is 2.58. The van der Waals surface area contributed by atoms with Crippen molar-refractivity contribution in [1.29, 1.82) is 0 Å². The van der Waals surface area contributed by atoms with E-state index in [4.69, 9.17) is 0 Å². The lowest BCUT2D eigenvalue weighted by Crippen LogP contribution is -2.31. The van der Waals surface area contributed by atoms with Crippen LogP contribution in [0.5, 0.6) is 0 Å². The first kappa shape index (κ1) is 30.6. The molecule has 0 fully saturated rings. The van der Waals surface area contributed by atoms with Crippen molar-refractivity contribution in [3.63, 3.8) is 0 Å². The van der Waals surface area contributed by atoms with Crippen LogP contribution in [0.1, 0.15) is 82.6 Å². The minimum absolute atomic E-state index is 0.0517. The predicted molar refractivity (Wildman–Crippen MR) is 192 cm³/mol. The summed E-state index contributed by atoms with van der Waals surface area (Å²) in [6.45, 7) is 18.5. The van der Waals surface area contributed by atoms with Gasteiger partial charge in [-0.2, -0.15) is 4.57 Å². The van der Waals surface area contributed by atoms with Gasteiger partial charge < -0.3 is 0 Å². The van der Waals surface area contributed by atoms with Gasteiger partial charge in [0.25, 0.3) is 5.82 Å². The quantitative estimate of drug-likeness (QED) is 0.170. The summed E-state index contributed by atoms with van der Waals surface area (Å²) in [7, 11) is 2.25. The summed E-state index contributed by atoms with van der Waals surface area (Å²) in [4.78, 5) is 0. The molecule has 0 aliphatic heterocycles. The standard InChI is InChI=1S/C43H47N2/c1-28(2)36-25-34(32-18-14-11-15-19-32)26-37(29(3)4)41(36)45-39-23-22-35(43(6,7)8)27-40(39)44(9)42(45)38-24-33(21-20-30(38)5)31-16-12-10-13-17-31/h10-29H,1-9H3/q+1. The Bertz CT molecular complexity index is 1960. The minimum Gasteiger partial charge on any atom is -0.225 e. The number of aromatic nitrogens is 2. The molecule has 0 atom stereocenters. The molecule has 0 amide bonds. The van der Waals surface area contributed by atoms with Gasteiger partial charge in [0.15, 0.2) is 11.0 Å². The number of hydrogen-bond donors (Lipinski definition) is 0. The van der Waals surface area contributed by atoms with Gasteiger partial charge in [0.1, 0.15) is 5.69 Å². The lowest BCUT2D eigenvalue weighted by Gasteiger charge is -2.21. The number of rotatable bonds is 6. The molecule has 2 nitrogen and oxygen atoms in total. The summed E-state index contributed by atoms with van der Waals surface area (Å²) in [6.07, 6.45) is 0. The summed E-state index contributed by atoms with van der Waals surface area (Å²) in [5.41, 5.74) is 15.5. The molecular formula is C43H47N2+. The molecule has 45 heavy (non-hydrogen) atoms. The van der Waals surface area contributed by atoms with E-state index in [1.807, 2.05) is 0 Å². The largest absolute Gasteiger partial charge is 0.295 e. The fraction of sp³-hybridized carbons (Fsp3) is 0.279. The highest BCUT2D eigenvalue weighted by atomic mass is 15.2. The number of fused-ring (bicyclic) bond motifs is 1. The molecule has 0 unspecified atom stereocenters. The topological polar surface area (TPSA) is 8.81 Å². The molecule has 6 aromatic rings. The first-order valence-corrected chi connectivity index (χ1v) is 16.4. The number of nitrogens with zero attached hydrogens (tertiary/aromatic N) is 2. The van der Waals surface area contributed by atoms with Crippen molar-refractivity contribution in [3.8, 4) is 39.3 Å². The number of imidazole rings is 1. The molecule has 0 radical (unpaired) electrons. The number of aryl methyl sites for hydroxylation is 2. The van der Waals surface area contributed by atoms with Gasteiger partial charge in [0, 0.05) is 11.1 Å². The predicted octanol–water partition coefficient (Wildman–Crippen LogP) is 11.3.